The van der Waals surface area contributed by atoms with Crippen LogP contribution in [0.1, 0.15) is 57.6 Å². The molecule has 1 saturated heterocycles. The number of hydrogen-bond acceptors (Lipinski definition) is 3. The van der Waals surface area contributed by atoms with Crippen molar-refractivity contribution in [1.29, 1.82) is 0 Å². The zero-order chi connectivity index (χ0) is 15.3. The second-order valence-electron chi connectivity index (χ2n) is 6.73. The highest BCUT2D eigenvalue weighted by Crippen LogP contribution is 2.33. The van der Waals surface area contributed by atoms with Crippen molar-refractivity contribution in [3.8, 4) is 0 Å². The maximum Gasteiger partial charge on any atom is 0.223 e. The lowest BCUT2D eigenvalue weighted by atomic mass is 9.84. The molecule has 0 aliphatic carbocycles. The number of aromatic nitrogens is 1. The van der Waals surface area contributed by atoms with Gasteiger partial charge in [-0.25, -0.2) is 0 Å². The number of nitrogens with zero attached hydrogens (tertiary/aromatic N) is 2. The van der Waals surface area contributed by atoms with Crippen LogP contribution in [-0.4, -0.2) is 28.9 Å². The molecule has 0 aromatic carbocycles. The number of likely N-dealkylation sites (tertiary alicyclic amines) is 1. The van der Waals surface area contributed by atoms with E-state index >= 15 is 0 Å². The molecule has 1 aromatic rings. The van der Waals surface area contributed by atoms with E-state index in [4.69, 9.17) is 5.73 Å². The minimum atomic E-state index is 0.147. The van der Waals surface area contributed by atoms with E-state index in [1.807, 2.05) is 17.2 Å². The van der Waals surface area contributed by atoms with Gasteiger partial charge in [0.05, 0.1) is 6.04 Å². The Labute approximate surface area is 127 Å². The van der Waals surface area contributed by atoms with Gasteiger partial charge < -0.3 is 10.6 Å². The van der Waals surface area contributed by atoms with Gasteiger partial charge >= 0.3 is 0 Å². The lowest BCUT2D eigenvalue weighted by molar-refractivity contribution is -0.132. The van der Waals surface area contributed by atoms with E-state index in [9.17, 15) is 4.79 Å². The summed E-state index contributed by atoms with van der Waals surface area (Å²) < 4.78 is 0. The fourth-order valence-corrected chi connectivity index (χ4v) is 3.09. The van der Waals surface area contributed by atoms with E-state index < -0.39 is 0 Å². The summed E-state index contributed by atoms with van der Waals surface area (Å²) in [6, 6.07) is 4.23. The van der Waals surface area contributed by atoms with Crippen molar-refractivity contribution in [2.75, 3.05) is 13.1 Å². The Balaban J connectivity index is 1.95. The zero-order valence-electron chi connectivity index (χ0n) is 13.2. The quantitative estimate of drug-likeness (QED) is 0.876. The van der Waals surface area contributed by atoms with Crippen LogP contribution in [-0.2, 0) is 4.79 Å². The van der Waals surface area contributed by atoms with Gasteiger partial charge in [0.1, 0.15) is 0 Å². The van der Waals surface area contributed by atoms with Crippen molar-refractivity contribution in [3.05, 3.63) is 30.1 Å². The molecule has 1 aliphatic heterocycles. The van der Waals surface area contributed by atoms with Gasteiger partial charge in [-0.3, -0.25) is 9.78 Å². The molecule has 1 atom stereocenters. The molecule has 0 spiro atoms. The van der Waals surface area contributed by atoms with Crippen molar-refractivity contribution in [3.63, 3.8) is 0 Å². The second kappa shape index (κ2) is 7.03. The maximum absolute atomic E-state index is 12.6. The van der Waals surface area contributed by atoms with Gasteiger partial charge in [-0.15, -0.1) is 0 Å². The molecule has 2 rings (SSSR count). The summed E-state index contributed by atoms with van der Waals surface area (Å²) >= 11 is 0. The Bertz CT molecular complexity index is 458. The monoisotopic (exact) mass is 289 g/mol. The summed E-state index contributed by atoms with van der Waals surface area (Å²) in [5.74, 6) is 0.270. The van der Waals surface area contributed by atoms with Crippen molar-refractivity contribution in [1.82, 2.24) is 9.88 Å². The largest absolute Gasteiger partial charge is 0.336 e. The Morgan fingerprint density at radius 1 is 1.48 bits per heavy atom. The van der Waals surface area contributed by atoms with Crippen LogP contribution in [0.25, 0.3) is 0 Å². The lowest BCUT2D eigenvalue weighted by Gasteiger charge is -2.28. The first-order valence-corrected chi connectivity index (χ1v) is 7.93. The molecule has 1 unspecified atom stereocenters. The van der Waals surface area contributed by atoms with Gasteiger partial charge in [-0.1, -0.05) is 19.9 Å². The first-order valence-electron chi connectivity index (χ1n) is 7.93. The van der Waals surface area contributed by atoms with E-state index in [1.54, 1.807) is 6.20 Å². The van der Waals surface area contributed by atoms with Crippen molar-refractivity contribution >= 4 is 5.91 Å². The highest BCUT2D eigenvalue weighted by Gasteiger charge is 2.30. The minimum Gasteiger partial charge on any atom is -0.336 e. The third kappa shape index (κ3) is 4.27. The number of nitrogens with two attached hydrogens (primary N) is 1. The summed E-state index contributed by atoms with van der Waals surface area (Å²) in [6.45, 7) is 5.93. The molecule has 2 heterocycles. The number of carbonyl (C=O) groups excluding carboxylic acids is 1. The van der Waals surface area contributed by atoms with Crippen molar-refractivity contribution < 1.29 is 4.79 Å². The predicted molar refractivity (Wildman–Crippen MR) is 84.6 cm³/mol. The van der Waals surface area contributed by atoms with Crippen LogP contribution >= 0.6 is 0 Å². The fraction of sp³-hybridized carbons (Fsp3) is 0.647. The topological polar surface area (TPSA) is 59.2 Å². The SMILES string of the molecule is CC(C)(CCN)CCC(=O)N1CCCC1c1cccnc1. The second-order valence-corrected chi connectivity index (χ2v) is 6.73. The normalized spacial score (nSPS) is 19.0. The standard InChI is InChI=1S/C17H27N3O/c1-17(2,9-10-18)8-7-16(21)20-12-4-6-15(20)14-5-3-11-19-13-14/h3,5,11,13,15H,4,6-10,12,18H2,1-2H3. The molecular weight excluding hydrogens is 262 g/mol. The summed E-state index contributed by atoms with van der Waals surface area (Å²) in [6.07, 6.45) is 8.27. The summed E-state index contributed by atoms with van der Waals surface area (Å²) in [5.41, 5.74) is 6.94. The number of carbonyl (C=O) groups is 1. The Morgan fingerprint density at radius 3 is 2.95 bits per heavy atom. The lowest BCUT2D eigenvalue weighted by Crippen LogP contribution is -2.31. The van der Waals surface area contributed by atoms with E-state index in [2.05, 4.69) is 24.9 Å². The predicted octanol–water partition coefficient (Wildman–Crippen LogP) is 2.90. The third-order valence-corrected chi connectivity index (χ3v) is 4.48. The first kappa shape index (κ1) is 16.0. The van der Waals surface area contributed by atoms with Crippen LogP contribution in [0.5, 0.6) is 0 Å². The highest BCUT2D eigenvalue weighted by atomic mass is 16.2. The Hall–Kier alpha value is -1.42. The molecule has 1 aromatic heterocycles. The number of amides is 1. The van der Waals surface area contributed by atoms with Crippen LogP contribution in [0.3, 0.4) is 0 Å². The van der Waals surface area contributed by atoms with Gasteiger partial charge in [0.2, 0.25) is 5.91 Å². The maximum atomic E-state index is 12.6. The van der Waals surface area contributed by atoms with E-state index in [0.29, 0.717) is 13.0 Å². The summed E-state index contributed by atoms with van der Waals surface area (Å²) in [5, 5.41) is 0. The van der Waals surface area contributed by atoms with Crippen LogP contribution in [0.15, 0.2) is 24.5 Å². The van der Waals surface area contributed by atoms with Gasteiger partial charge in [0.25, 0.3) is 0 Å². The van der Waals surface area contributed by atoms with Gasteiger partial charge in [-0.2, -0.15) is 0 Å². The molecule has 4 nitrogen and oxygen atoms in total. The smallest absolute Gasteiger partial charge is 0.223 e. The van der Waals surface area contributed by atoms with Gasteiger partial charge in [0, 0.05) is 25.4 Å². The highest BCUT2D eigenvalue weighted by molar-refractivity contribution is 5.77. The van der Waals surface area contributed by atoms with E-state index in [1.165, 1.54) is 0 Å². The zero-order valence-corrected chi connectivity index (χ0v) is 13.2. The van der Waals surface area contributed by atoms with E-state index in [-0.39, 0.29) is 17.4 Å². The van der Waals surface area contributed by atoms with E-state index in [0.717, 1.165) is 37.8 Å². The molecule has 0 bridgehead atoms. The van der Waals surface area contributed by atoms with Crippen LogP contribution in [0.4, 0.5) is 0 Å². The van der Waals surface area contributed by atoms with Crippen LogP contribution < -0.4 is 5.73 Å². The summed E-state index contributed by atoms with van der Waals surface area (Å²) in [4.78, 5) is 18.8. The fourth-order valence-electron chi connectivity index (χ4n) is 3.09. The molecule has 21 heavy (non-hydrogen) atoms. The molecular formula is C17H27N3O. The molecule has 1 aliphatic rings. The average Bonchev–Trinajstić information content (AvgIpc) is 2.95. The molecule has 4 heteroatoms. The molecule has 2 N–H and O–H groups in total. The number of pyridine rings is 1. The molecule has 0 radical (unpaired) electrons. The van der Waals surface area contributed by atoms with Crippen molar-refractivity contribution in [2.45, 2.75) is 52.0 Å². The number of rotatable bonds is 6. The average molecular weight is 289 g/mol. The Morgan fingerprint density at radius 2 is 2.29 bits per heavy atom. The Kier molecular flexibility index (Phi) is 5.34. The molecule has 0 saturated carbocycles. The third-order valence-electron chi connectivity index (χ3n) is 4.48. The number of hydrogen-bond donors (Lipinski definition) is 1. The van der Waals surface area contributed by atoms with Crippen LogP contribution in [0.2, 0.25) is 0 Å². The molecule has 1 amide bonds. The molecule has 116 valence electrons. The minimum absolute atomic E-state index is 0.147. The van der Waals surface area contributed by atoms with Crippen molar-refractivity contribution in [2.24, 2.45) is 11.1 Å². The van der Waals surface area contributed by atoms with Gasteiger partial charge in [0.15, 0.2) is 0 Å². The van der Waals surface area contributed by atoms with Crippen LogP contribution in [0, 0.1) is 5.41 Å². The first-order chi connectivity index (χ1) is 10.0. The molecule has 1 fully saturated rings. The summed E-state index contributed by atoms with van der Waals surface area (Å²) in [7, 11) is 0. The van der Waals surface area contributed by atoms with Gasteiger partial charge in [-0.05, 0) is 49.3 Å².